The molecule has 0 aliphatic heterocycles. The van der Waals surface area contributed by atoms with Gasteiger partial charge in [0.2, 0.25) is 0 Å². The molecule has 0 bridgehead atoms. The first-order valence-electron chi connectivity index (χ1n) is 5.66. The Hall–Kier alpha value is -0.830. The zero-order valence-corrected chi connectivity index (χ0v) is 10.5. The molecule has 1 aliphatic carbocycles. The Balaban J connectivity index is 1.98. The van der Waals surface area contributed by atoms with Gasteiger partial charge in [0.05, 0.1) is 13.7 Å². The van der Waals surface area contributed by atoms with Crippen molar-refractivity contribution in [2.24, 2.45) is 5.41 Å². The fraction of sp³-hybridized carbons (Fsp3) is 0.538. The molecule has 0 N–H and O–H groups in total. The van der Waals surface area contributed by atoms with Gasteiger partial charge < -0.3 is 9.47 Å². The van der Waals surface area contributed by atoms with E-state index in [0.717, 1.165) is 23.9 Å². The lowest BCUT2D eigenvalue weighted by molar-refractivity contribution is 0.0812. The Bertz CT molecular complexity index is 342. The fourth-order valence-corrected chi connectivity index (χ4v) is 2.40. The number of thiol groups is 1. The van der Waals surface area contributed by atoms with Crippen LogP contribution in [0.25, 0.3) is 0 Å². The molecule has 1 aliphatic rings. The van der Waals surface area contributed by atoms with E-state index in [0.29, 0.717) is 5.41 Å². The van der Waals surface area contributed by atoms with E-state index in [1.165, 1.54) is 19.3 Å². The van der Waals surface area contributed by atoms with Crippen LogP contribution in [0.3, 0.4) is 0 Å². The van der Waals surface area contributed by atoms with Gasteiger partial charge in [-0.2, -0.15) is 12.6 Å². The lowest BCUT2D eigenvalue weighted by atomic mass is 9.71. The minimum Gasteiger partial charge on any atom is -0.493 e. The summed E-state index contributed by atoms with van der Waals surface area (Å²) in [7, 11) is 1.67. The van der Waals surface area contributed by atoms with Crippen molar-refractivity contribution in [1.29, 1.82) is 0 Å². The maximum absolute atomic E-state index is 5.85. The van der Waals surface area contributed by atoms with Crippen LogP contribution < -0.4 is 9.47 Å². The Morgan fingerprint density at radius 3 is 2.44 bits per heavy atom. The normalized spacial score (nSPS) is 17.6. The van der Waals surface area contributed by atoms with Crippen molar-refractivity contribution in [2.45, 2.75) is 19.3 Å². The number of hydrogen-bond donors (Lipinski definition) is 1. The molecule has 3 heteroatoms. The molecule has 16 heavy (non-hydrogen) atoms. The predicted molar refractivity (Wildman–Crippen MR) is 68.6 cm³/mol. The van der Waals surface area contributed by atoms with Gasteiger partial charge in [-0.25, -0.2) is 0 Å². The quantitative estimate of drug-likeness (QED) is 0.794. The van der Waals surface area contributed by atoms with Crippen molar-refractivity contribution in [1.82, 2.24) is 0 Å². The average molecular weight is 238 g/mol. The van der Waals surface area contributed by atoms with Gasteiger partial charge >= 0.3 is 0 Å². The molecule has 0 saturated heterocycles. The summed E-state index contributed by atoms with van der Waals surface area (Å²) in [6.45, 7) is 0.747. The highest BCUT2D eigenvalue weighted by atomic mass is 32.1. The van der Waals surface area contributed by atoms with Crippen LogP contribution in [0.1, 0.15) is 19.3 Å². The summed E-state index contributed by atoms with van der Waals surface area (Å²) in [4.78, 5) is 0. The fourth-order valence-electron chi connectivity index (χ4n) is 1.99. The Labute approximate surface area is 102 Å². The minimum absolute atomic E-state index is 0.296. The summed E-state index contributed by atoms with van der Waals surface area (Å²) >= 11 is 4.42. The third-order valence-electron chi connectivity index (χ3n) is 3.35. The molecular formula is C13H18O2S. The molecular weight excluding hydrogens is 220 g/mol. The highest BCUT2D eigenvalue weighted by Gasteiger charge is 2.36. The van der Waals surface area contributed by atoms with Gasteiger partial charge in [0.15, 0.2) is 11.5 Å². The van der Waals surface area contributed by atoms with Crippen molar-refractivity contribution in [3.8, 4) is 11.5 Å². The first kappa shape index (κ1) is 11.6. The molecule has 1 aromatic rings. The van der Waals surface area contributed by atoms with Gasteiger partial charge in [-0.3, -0.25) is 0 Å². The monoisotopic (exact) mass is 238 g/mol. The summed E-state index contributed by atoms with van der Waals surface area (Å²) in [6, 6.07) is 7.78. The summed E-state index contributed by atoms with van der Waals surface area (Å²) in [5.74, 6) is 2.54. The molecule has 0 atom stereocenters. The third kappa shape index (κ3) is 2.29. The highest BCUT2D eigenvalue weighted by Crippen LogP contribution is 2.42. The molecule has 0 aromatic heterocycles. The minimum atomic E-state index is 0.296. The number of rotatable bonds is 5. The van der Waals surface area contributed by atoms with Crippen molar-refractivity contribution >= 4 is 12.6 Å². The summed E-state index contributed by atoms with van der Waals surface area (Å²) in [6.07, 6.45) is 3.76. The molecule has 0 heterocycles. The van der Waals surface area contributed by atoms with Crippen LogP contribution >= 0.6 is 12.6 Å². The van der Waals surface area contributed by atoms with Crippen molar-refractivity contribution < 1.29 is 9.47 Å². The number of ether oxygens (including phenoxy) is 2. The van der Waals surface area contributed by atoms with Crippen LogP contribution in [0.15, 0.2) is 24.3 Å². The van der Waals surface area contributed by atoms with Gasteiger partial charge in [-0.05, 0) is 30.7 Å². The largest absolute Gasteiger partial charge is 0.493 e. The van der Waals surface area contributed by atoms with E-state index in [1.807, 2.05) is 24.3 Å². The molecule has 88 valence electrons. The second-order valence-electron chi connectivity index (χ2n) is 4.45. The molecule has 2 rings (SSSR count). The van der Waals surface area contributed by atoms with Crippen LogP contribution in [0.4, 0.5) is 0 Å². The van der Waals surface area contributed by atoms with Crippen molar-refractivity contribution in [2.75, 3.05) is 19.5 Å². The van der Waals surface area contributed by atoms with E-state index in [2.05, 4.69) is 12.6 Å². The molecule has 2 nitrogen and oxygen atoms in total. The second-order valence-corrected chi connectivity index (χ2v) is 4.77. The zero-order valence-electron chi connectivity index (χ0n) is 9.61. The number of hydrogen-bond acceptors (Lipinski definition) is 3. The van der Waals surface area contributed by atoms with Crippen molar-refractivity contribution in [3.05, 3.63) is 24.3 Å². The van der Waals surface area contributed by atoms with Gasteiger partial charge in [-0.1, -0.05) is 18.6 Å². The second kappa shape index (κ2) is 5.00. The molecule has 0 amide bonds. The Morgan fingerprint density at radius 1 is 1.25 bits per heavy atom. The van der Waals surface area contributed by atoms with E-state index in [1.54, 1.807) is 7.11 Å². The predicted octanol–water partition coefficient (Wildman–Crippen LogP) is 3.17. The zero-order chi connectivity index (χ0) is 11.4. The van der Waals surface area contributed by atoms with E-state index < -0.39 is 0 Å². The summed E-state index contributed by atoms with van der Waals surface area (Å²) in [5, 5.41) is 0. The topological polar surface area (TPSA) is 18.5 Å². The van der Waals surface area contributed by atoms with Crippen LogP contribution in [-0.4, -0.2) is 19.5 Å². The van der Waals surface area contributed by atoms with E-state index in [9.17, 15) is 0 Å². The molecule has 0 spiro atoms. The Morgan fingerprint density at radius 2 is 1.94 bits per heavy atom. The van der Waals surface area contributed by atoms with Crippen LogP contribution in [0.5, 0.6) is 11.5 Å². The molecule has 1 saturated carbocycles. The van der Waals surface area contributed by atoms with Crippen molar-refractivity contribution in [3.63, 3.8) is 0 Å². The third-order valence-corrected chi connectivity index (χ3v) is 4.02. The molecule has 1 aromatic carbocycles. The first-order valence-corrected chi connectivity index (χ1v) is 6.30. The first-order chi connectivity index (χ1) is 7.79. The van der Waals surface area contributed by atoms with E-state index in [4.69, 9.17) is 9.47 Å². The van der Waals surface area contributed by atoms with Gasteiger partial charge in [0.25, 0.3) is 0 Å². The maximum Gasteiger partial charge on any atom is 0.161 e. The standard InChI is InChI=1S/C13H18O2S/c1-14-11-5-2-3-6-12(11)15-9-13(10-16)7-4-8-13/h2-3,5-6,16H,4,7-10H2,1H3. The molecule has 0 unspecified atom stereocenters. The lowest BCUT2D eigenvalue weighted by Gasteiger charge is -2.40. The van der Waals surface area contributed by atoms with E-state index >= 15 is 0 Å². The maximum atomic E-state index is 5.85. The smallest absolute Gasteiger partial charge is 0.161 e. The SMILES string of the molecule is COc1ccccc1OCC1(CS)CCC1. The van der Waals surface area contributed by atoms with Gasteiger partial charge in [-0.15, -0.1) is 0 Å². The number of benzene rings is 1. The number of methoxy groups -OCH3 is 1. The molecule has 1 fully saturated rings. The molecule has 0 radical (unpaired) electrons. The lowest BCUT2D eigenvalue weighted by Crippen LogP contribution is -2.37. The average Bonchev–Trinajstić information content (AvgIpc) is 2.29. The van der Waals surface area contributed by atoms with E-state index in [-0.39, 0.29) is 0 Å². The van der Waals surface area contributed by atoms with Crippen LogP contribution in [0, 0.1) is 5.41 Å². The summed E-state index contributed by atoms with van der Waals surface area (Å²) < 4.78 is 11.1. The number of para-hydroxylation sites is 2. The van der Waals surface area contributed by atoms with Gasteiger partial charge in [0.1, 0.15) is 0 Å². The van der Waals surface area contributed by atoms with Crippen LogP contribution in [-0.2, 0) is 0 Å². The van der Waals surface area contributed by atoms with Gasteiger partial charge in [0, 0.05) is 5.41 Å². The summed E-state index contributed by atoms with van der Waals surface area (Å²) in [5.41, 5.74) is 0.296. The van der Waals surface area contributed by atoms with Crippen LogP contribution in [0.2, 0.25) is 0 Å². The highest BCUT2D eigenvalue weighted by molar-refractivity contribution is 7.80. The Kier molecular flexibility index (Phi) is 3.64.